The quantitative estimate of drug-likeness (QED) is 0.840. The van der Waals surface area contributed by atoms with Crippen LogP contribution in [0.5, 0.6) is 0 Å². The normalized spacial score (nSPS) is 22.6. The van der Waals surface area contributed by atoms with Crippen LogP contribution in [0.2, 0.25) is 0 Å². The number of nitrogens with zero attached hydrogens (tertiary/aromatic N) is 1. The van der Waals surface area contributed by atoms with Crippen LogP contribution in [0.3, 0.4) is 0 Å². The molecule has 0 radical (unpaired) electrons. The molecule has 126 valence electrons. The van der Waals surface area contributed by atoms with E-state index in [1.54, 1.807) is 36.2 Å². The molecule has 2 rings (SSSR count). The highest BCUT2D eigenvalue weighted by Crippen LogP contribution is 2.26. The molecule has 1 aliphatic carbocycles. The molecule has 1 saturated carbocycles. The topological polar surface area (TPSA) is 69.6 Å². The Bertz CT molecular complexity index is 540. The third-order valence-electron chi connectivity index (χ3n) is 4.79. The molecule has 2 N–H and O–H groups in total. The summed E-state index contributed by atoms with van der Waals surface area (Å²) in [4.78, 5) is 26.8. The number of nitrogens with one attached hydrogen (secondary N) is 1. The van der Waals surface area contributed by atoms with Gasteiger partial charge < -0.3 is 15.3 Å². The lowest BCUT2D eigenvalue weighted by Crippen LogP contribution is -2.56. The SMILES string of the molecule is CC[C@@H](C)[C@H](NC(=O)c1ccccc1)C(=O)N(C)C1CC(O)C1. The molecule has 0 saturated heterocycles. The fraction of sp³-hybridized carbons (Fsp3) is 0.556. The molecule has 2 amide bonds. The van der Waals surface area contributed by atoms with Crippen molar-refractivity contribution in [3.8, 4) is 0 Å². The van der Waals surface area contributed by atoms with Gasteiger partial charge >= 0.3 is 0 Å². The van der Waals surface area contributed by atoms with E-state index in [0.29, 0.717) is 18.4 Å². The molecule has 1 aromatic rings. The van der Waals surface area contributed by atoms with Crippen LogP contribution in [-0.2, 0) is 4.79 Å². The zero-order valence-electron chi connectivity index (χ0n) is 14.0. The zero-order valence-corrected chi connectivity index (χ0v) is 14.0. The number of carbonyl (C=O) groups is 2. The summed E-state index contributed by atoms with van der Waals surface area (Å²) in [6.45, 7) is 3.98. The molecule has 5 heteroatoms. The van der Waals surface area contributed by atoms with Crippen LogP contribution in [0.25, 0.3) is 0 Å². The molecule has 5 nitrogen and oxygen atoms in total. The van der Waals surface area contributed by atoms with Crippen LogP contribution < -0.4 is 5.32 Å². The van der Waals surface area contributed by atoms with E-state index in [1.165, 1.54) is 0 Å². The van der Waals surface area contributed by atoms with Crippen molar-refractivity contribution in [2.24, 2.45) is 5.92 Å². The van der Waals surface area contributed by atoms with Gasteiger partial charge in [0.2, 0.25) is 5.91 Å². The second kappa shape index (κ2) is 7.59. The third kappa shape index (κ3) is 4.10. The Morgan fingerprint density at radius 3 is 2.43 bits per heavy atom. The first kappa shape index (κ1) is 17.5. The summed E-state index contributed by atoms with van der Waals surface area (Å²) in [5.74, 6) is -0.269. The van der Waals surface area contributed by atoms with Gasteiger partial charge in [-0.2, -0.15) is 0 Å². The summed E-state index contributed by atoms with van der Waals surface area (Å²) in [5, 5.41) is 12.3. The number of benzene rings is 1. The first-order valence-electron chi connectivity index (χ1n) is 8.24. The maximum absolute atomic E-state index is 12.8. The van der Waals surface area contributed by atoms with Crippen molar-refractivity contribution in [1.29, 1.82) is 0 Å². The van der Waals surface area contributed by atoms with Gasteiger partial charge in [0, 0.05) is 18.7 Å². The standard InChI is InChI=1S/C18H26N2O3/c1-4-12(2)16(18(23)20(3)14-10-15(21)11-14)19-17(22)13-8-6-5-7-9-13/h5-9,12,14-16,21H,4,10-11H2,1-3H3,(H,19,22)/t12-,14?,15?,16+/m1/s1. The number of hydrogen-bond acceptors (Lipinski definition) is 3. The van der Waals surface area contributed by atoms with E-state index in [0.717, 1.165) is 6.42 Å². The van der Waals surface area contributed by atoms with Crippen molar-refractivity contribution in [1.82, 2.24) is 10.2 Å². The van der Waals surface area contributed by atoms with Crippen LogP contribution in [0.1, 0.15) is 43.5 Å². The predicted octanol–water partition coefficient (Wildman–Crippen LogP) is 1.81. The summed E-state index contributed by atoms with van der Waals surface area (Å²) < 4.78 is 0. The van der Waals surface area contributed by atoms with E-state index in [9.17, 15) is 14.7 Å². The fourth-order valence-electron chi connectivity index (χ4n) is 2.77. The van der Waals surface area contributed by atoms with Crippen molar-refractivity contribution < 1.29 is 14.7 Å². The smallest absolute Gasteiger partial charge is 0.251 e. The number of carbonyl (C=O) groups excluding carboxylic acids is 2. The predicted molar refractivity (Wildman–Crippen MR) is 89.0 cm³/mol. The van der Waals surface area contributed by atoms with Gasteiger partial charge in [-0.15, -0.1) is 0 Å². The molecule has 1 aromatic carbocycles. The van der Waals surface area contributed by atoms with E-state index in [-0.39, 0.29) is 29.9 Å². The Kier molecular flexibility index (Phi) is 5.77. The zero-order chi connectivity index (χ0) is 17.0. The van der Waals surface area contributed by atoms with Crippen LogP contribution >= 0.6 is 0 Å². The van der Waals surface area contributed by atoms with E-state index in [2.05, 4.69) is 5.32 Å². The highest BCUT2D eigenvalue weighted by Gasteiger charge is 2.37. The molecule has 0 aliphatic heterocycles. The second-order valence-electron chi connectivity index (χ2n) is 6.43. The number of aliphatic hydroxyl groups excluding tert-OH is 1. The minimum absolute atomic E-state index is 0.0441. The number of hydrogen-bond donors (Lipinski definition) is 2. The molecule has 0 spiro atoms. The highest BCUT2D eigenvalue weighted by molar-refractivity contribution is 5.97. The van der Waals surface area contributed by atoms with Crippen molar-refractivity contribution >= 4 is 11.8 Å². The Morgan fingerprint density at radius 2 is 1.91 bits per heavy atom. The van der Waals surface area contributed by atoms with E-state index in [4.69, 9.17) is 0 Å². The third-order valence-corrected chi connectivity index (χ3v) is 4.79. The monoisotopic (exact) mass is 318 g/mol. The van der Waals surface area contributed by atoms with Crippen LogP contribution in [0, 0.1) is 5.92 Å². The lowest BCUT2D eigenvalue weighted by Gasteiger charge is -2.40. The Labute approximate surface area is 137 Å². The molecule has 1 aliphatic rings. The number of rotatable bonds is 6. The molecule has 0 heterocycles. The van der Waals surface area contributed by atoms with Gasteiger partial charge in [0.05, 0.1) is 6.10 Å². The van der Waals surface area contributed by atoms with E-state index < -0.39 is 6.04 Å². The van der Waals surface area contributed by atoms with Crippen LogP contribution in [0.15, 0.2) is 30.3 Å². The largest absolute Gasteiger partial charge is 0.393 e. The van der Waals surface area contributed by atoms with Gasteiger partial charge in [-0.3, -0.25) is 9.59 Å². The molecular formula is C18H26N2O3. The summed E-state index contributed by atoms with van der Waals surface area (Å²) in [7, 11) is 1.75. The fourth-order valence-corrected chi connectivity index (χ4v) is 2.77. The molecule has 0 aromatic heterocycles. The highest BCUT2D eigenvalue weighted by atomic mass is 16.3. The van der Waals surface area contributed by atoms with Gasteiger partial charge in [-0.05, 0) is 30.9 Å². The van der Waals surface area contributed by atoms with Crippen molar-refractivity contribution in [3.05, 3.63) is 35.9 Å². The van der Waals surface area contributed by atoms with Crippen molar-refractivity contribution in [2.75, 3.05) is 7.05 Å². The lowest BCUT2D eigenvalue weighted by atomic mass is 9.87. The number of amides is 2. The first-order valence-corrected chi connectivity index (χ1v) is 8.24. The van der Waals surface area contributed by atoms with Gasteiger partial charge in [0.25, 0.3) is 5.91 Å². The molecule has 0 unspecified atom stereocenters. The Morgan fingerprint density at radius 1 is 1.30 bits per heavy atom. The maximum atomic E-state index is 12.8. The lowest BCUT2D eigenvalue weighted by molar-refractivity contribution is -0.139. The summed E-state index contributed by atoms with van der Waals surface area (Å²) in [6.07, 6.45) is 1.72. The van der Waals surface area contributed by atoms with Gasteiger partial charge in [-0.1, -0.05) is 38.5 Å². The minimum atomic E-state index is -0.546. The average molecular weight is 318 g/mol. The molecule has 0 bridgehead atoms. The van der Waals surface area contributed by atoms with Crippen LogP contribution in [0.4, 0.5) is 0 Å². The minimum Gasteiger partial charge on any atom is -0.393 e. The molecular weight excluding hydrogens is 292 g/mol. The second-order valence-corrected chi connectivity index (χ2v) is 6.43. The van der Waals surface area contributed by atoms with E-state index in [1.807, 2.05) is 19.9 Å². The summed E-state index contributed by atoms with van der Waals surface area (Å²) >= 11 is 0. The number of aliphatic hydroxyl groups is 1. The maximum Gasteiger partial charge on any atom is 0.251 e. The Balaban J connectivity index is 2.07. The van der Waals surface area contributed by atoms with Gasteiger partial charge in [0.1, 0.15) is 6.04 Å². The van der Waals surface area contributed by atoms with Crippen LogP contribution in [-0.4, -0.2) is 47.1 Å². The number of likely N-dealkylation sites (N-methyl/N-ethyl adjacent to an activating group) is 1. The average Bonchev–Trinajstić information content (AvgIpc) is 2.55. The van der Waals surface area contributed by atoms with Crippen molar-refractivity contribution in [2.45, 2.75) is 51.3 Å². The van der Waals surface area contributed by atoms with Gasteiger partial charge in [-0.25, -0.2) is 0 Å². The Hall–Kier alpha value is -1.88. The summed E-state index contributed by atoms with van der Waals surface area (Å²) in [6, 6.07) is 8.45. The van der Waals surface area contributed by atoms with Gasteiger partial charge in [0.15, 0.2) is 0 Å². The molecule has 23 heavy (non-hydrogen) atoms. The first-order chi connectivity index (χ1) is 10.9. The molecule has 1 fully saturated rings. The van der Waals surface area contributed by atoms with E-state index >= 15 is 0 Å². The summed E-state index contributed by atoms with van der Waals surface area (Å²) in [5.41, 5.74) is 0.551. The molecule has 2 atom stereocenters. The van der Waals surface area contributed by atoms with Crippen molar-refractivity contribution in [3.63, 3.8) is 0 Å².